The lowest BCUT2D eigenvalue weighted by atomic mass is 9.94. The zero-order valence-corrected chi connectivity index (χ0v) is 9.41. The van der Waals surface area contributed by atoms with Crippen molar-refractivity contribution >= 4 is 17.5 Å². The first-order valence-electron chi connectivity index (χ1n) is 4.64. The number of nitrogens with zero attached hydrogens (tertiary/aromatic N) is 1. The van der Waals surface area contributed by atoms with Gasteiger partial charge in [0.15, 0.2) is 5.78 Å². The fraction of sp³-hybridized carbons (Fsp3) is 0.700. The molecule has 74 valence electrons. The number of hydrogen-bond acceptors (Lipinski definition) is 3. The van der Waals surface area contributed by atoms with Crippen LogP contribution in [0.4, 0.5) is 0 Å². The normalized spacial score (nSPS) is 21.6. The summed E-state index contributed by atoms with van der Waals surface area (Å²) in [6, 6.07) is 0. The molecule has 2 nitrogen and oxygen atoms in total. The molecule has 0 aliphatic heterocycles. The fourth-order valence-electron chi connectivity index (χ4n) is 1.68. The lowest BCUT2D eigenvalue weighted by Gasteiger charge is -2.22. The minimum absolute atomic E-state index is 0.351. The molecule has 0 N–H and O–H groups in total. The number of ketones is 1. The summed E-state index contributed by atoms with van der Waals surface area (Å²) < 4.78 is 0. The molecule has 13 heavy (non-hydrogen) atoms. The Morgan fingerprint density at radius 3 is 2.38 bits per heavy atom. The van der Waals surface area contributed by atoms with Crippen molar-refractivity contribution in [1.82, 2.24) is 4.90 Å². The molecule has 1 aliphatic carbocycles. The number of Topliss-reactive ketones (excluding diaryl/α,β-unsaturated/α-hetero) is 1. The van der Waals surface area contributed by atoms with Crippen LogP contribution in [-0.2, 0) is 4.79 Å². The standard InChI is InChI=1S/C10H17NOS/c1-11(2)10(13-3)8-6-4-5-7-9(8)12/h4-7H2,1-3H3/b10-8-. The van der Waals surface area contributed by atoms with Crippen molar-refractivity contribution in [3.05, 3.63) is 10.6 Å². The third-order valence-corrected chi connectivity index (χ3v) is 3.27. The molecule has 0 saturated heterocycles. The zero-order chi connectivity index (χ0) is 9.84. The second kappa shape index (κ2) is 4.70. The van der Waals surface area contributed by atoms with Crippen LogP contribution in [0.5, 0.6) is 0 Å². The van der Waals surface area contributed by atoms with E-state index in [1.165, 1.54) is 6.42 Å². The molecule has 0 amide bonds. The molecule has 0 spiro atoms. The van der Waals surface area contributed by atoms with E-state index >= 15 is 0 Å². The summed E-state index contributed by atoms with van der Waals surface area (Å²) in [5.41, 5.74) is 1.05. The quantitative estimate of drug-likeness (QED) is 0.636. The van der Waals surface area contributed by atoms with Crippen molar-refractivity contribution in [1.29, 1.82) is 0 Å². The van der Waals surface area contributed by atoms with Crippen LogP contribution in [0.2, 0.25) is 0 Å². The van der Waals surface area contributed by atoms with E-state index in [9.17, 15) is 4.79 Å². The Labute approximate surface area is 84.4 Å². The van der Waals surface area contributed by atoms with Gasteiger partial charge in [-0.2, -0.15) is 0 Å². The molecule has 1 aliphatic rings. The molecular formula is C10H17NOS. The molecule has 1 fully saturated rings. The van der Waals surface area contributed by atoms with E-state index in [1.807, 2.05) is 25.3 Å². The largest absolute Gasteiger partial charge is 0.372 e. The molecule has 3 heteroatoms. The van der Waals surface area contributed by atoms with Gasteiger partial charge in [-0.05, 0) is 25.5 Å². The second-order valence-electron chi connectivity index (χ2n) is 3.51. The van der Waals surface area contributed by atoms with Gasteiger partial charge >= 0.3 is 0 Å². The van der Waals surface area contributed by atoms with Gasteiger partial charge in [-0.25, -0.2) is 0 Å². The van der Waals surface area contributed by atoms with Crippen molar-refractivity contribution in [2.24, 2.45) is 0 Å². The van der Waals surface area contributed by atoms with E-state index in [2.05, 4.69) is 0 Å². The Kier molecular flexibility index (Phi) is 3.85. The minimum Gasteiger partial charge on any atom is -0.372 e. The molecule has 0 bridgehead atoms. The van der Waals surface area contributed by atoms with Crippen LogP contribution in [-0.4, -0.2) is 31.0 Å². The van der Waals surface area contributed by atoms with Crippen LogP contribution >= 0.6 is 11.8 Å². The summed E-state index contributed by atoms with van der Waals surface area (Å²) in [6.45, 7) is 0. The van der Waals surface area contributed by atoms with Gasteiger partial charge in [-0.15, -0.1) is 11.8 Å². The number of allylic oxidation sites excluding steroid dienone is 1. The third kappa shape index (κ3) is 2.50. The maximum absolute atomic E-state index is 11.6. The highest BCUT2D eigenvalue weighted by Crippen LogP contribution is 2.28. The van der Waals surface area contributed by atoms with Crippen molar-refractivity contribution in [2.45, 2.75) is 25.7 Å². The zero-order valence-electron chi connectivity index (χ0n) is 8.59. The first kappa shape index (κ1) is 10.6. The van der Waals surface area contributed by atoms with Crippen LogP contribution in [0.25, 0.3) is 0 Å². The maximum atomic E-state index is 11.6. The molecule has 1 rings (SSSR count). The summed E-state index contributed by atoms with van der Waals surface area (Å²) >= 11 is 1.67. The second-order valence-corrected chi connectivity index (χ2v) is 4.31. The van der Waals surface area contributed by atoms with Gasteiger partial charge in [0.2, 0.25) is 0 Å². The minimum atomic E-state index is 0.351. The van der Waals surface area contributed by atoms with Crippen molar-refractivity contribution in [2.75, 3.05) is 20.4 Å². The van der Waals surface area contributed by atoms with E-state index in [1.54, 1.807) is 11.8 Å². The molecule has 0 aromatic rings. The molecule has 0 atom stereocenters. The summed E-state index contributed by atoms with van der Waals surface area (Å²) in [7, 11) is 4.00. The number of thioether (sulfide) groups is 1. The van der Waals surface area contributed by atoms with Crippen molar-refractivity contribution in [3.63, 3.8) is 0 Å². The molecule has 0 radical (unpaired) electrons. The third-order valence-electron chi connectivity index (χ3n) is 2.27. The van der Waals surface area contributed by atoms with Crippen molar-refractivity contribution < 1.29 is 4.79 Å². The van der Waals surface area contributed by atoms with Gasteiger partial charge in [0.1, 0.15) is 0 Å². The smallest absolute Gasteiger partial charge is 0.161 e. The Hall–Kier alpha value is -0.440. The van der Waals surface area contributed by atoms with Crippen LogP contribution < -0.4 is 0 Å². The Morgan fingerprint density at radius 2 is 1.92 bits per heavy atom. The number of rotatable bonds is 2. The molecule has 0 unspecified atom stereocenters. The van der Waals surface area contributed by atoms with Gasteiger partial charge in [-0.3, -0.25) is 4.79 Å². The highest BCUT2D eigenvalue weighted by molar-refractivity contribution is 8.02. The van der Waals surface area contributed by atoms with Gasteiger partial charge in [0.25, 0.3) is 0 Å². The summed E-state index contributed by atoms with van der Waals surface area (Å²) in [5, 5.41) is 1.14. The van der Waals surface area contributed by atoms with E-state index in [0.717, 1.165) is 29.9 Å². The maximum Gasteiger partial charge on any atom is 0.161 e. The SMILES string of the molecule is CS/C(=C1/CCCCC1=O)N(C)C. The molecular weight excluding hydrogens is 182 g/mol. The van der Waals surface area contributed by atoms with Gasteiger partial charge in [-0.1, -0.05) is 0 Å². The Balaban J connectivity index is 2.90. The number of hydrogen-bond donors (Lipinski definition) is 0. The lowest BCUT2D eigenvalue weighted by molar-refractivity contribution is -0.116. The van der Waals surface area contributed by atoms with E-state index in [4.69, 9.17) is 0 Å². The van der Waals surface area contributed by atoms with Gasteiger partial charge < -0.3 is 4.90 Å². The number of carbonyl (C=O) groups is 1. The topological polar surface area (TPSA) is 20.3 Å². The summed E-state index contributed by atoms with van der Waals surface area (Å²) in [5.74, 6) is 0.351. The molecule has 1 saturated carbocycles. The monoisotopic (exact) mass is 199 g/mol. The molecule has 0 aromatic heterocycles. The van der Waals surface area contributed by atoms with Crippen LogP contribution in [0, 0.1) is 0 Å². The average molecular weight is 199 g/mol. The van der Waals surface area contributed by atoms with Crippen LogP contribution in [0.3, 0.4) is 0 Å². The first-order chi connectivity index (χ1) is 6.16. The summed E-state index contributed by atoms with van der Waals surface area (Å²) in [4.78, 5) is 13.6. The van der Waals surface area contributed by atoms with E-state index < -0.39 is 0 Å². The van der Waals surface area contributed by atoms with Gasteiger partial charge in [0, 0.05) is 26.1 Å². The lowest BCUT2D eigenvalue weighted by Crippen LogP contribution is -2.17. The molecule has 0 heterocycles. The fourth-order valence-corrected chi connectivity index (χ4v) is 2.51. The number of carbonyl (C=O) groups excluding carboxylic acids is 1. The highest BCUT2D eigenvalue weighted by Gasteiger charge is 2.19. The van der Waals surface area contributed by atoms with E-state index in [-0.39, 0.29) is 0 Å². The van der Waals surface area contributed by atoms with Crippen molar-refractivity contribution in [3.8, 4) is 0 Å². The first-order valence-corrected chi connectivity index (χ1v) is 5.87. The van der Waals surface area contributed by atoms with E-state index in [0.29, 0.717) is 5.78 Å². The predicted molar refractivity (Wildman–Crippen MR) is 57.7 cm³/mol. The Morgan fingerprint density at radius 1 is 1.31 bits per heavy atom. The Bertz CT molecular complexity index is 233. The van der Waals surface area contributed by atoms with Crippen LogP contribution in [0.1, 0.15) is 25.7 Å². The van der Waals surface area contributed by atoms with Crippen LogP contribution in [0.15, 0.2) is 10.6 Å². The summed E-state index contributed by atoms with van der Waals surface area (Å²) in [6.07, 6.45) is 5.97. The predicted octanol–water partition coefficient (Wildman–Crippen LogP) is 2.27. The van der Waals surface area contributed by atoms with Gasteiger partial charge in [0.05, 0.1) is 5.03 Å². The average Bonchev–Trinajstić information content (AvgIpc) is 2.09. The molecule has 0 aromatic carbocycles. The highest BCUT2D eigenvalue weighted by atomic mass is 32.2.